The second-order valence-electron chi connectivity index (χ2n) is 6.75. The molecular weight excluding hydrogens is 396 g/mol. The van der Waals surface area contributed by atoms with Crippen molar-refractivity contribution in [3.8, 4) is 17.2 Å². The fourth-order valence-corrected chi connectivity index (χ4v) is 3.74. The Morgan fingerprint density at radius 1 is 1.21 bits per heavy atom. The van der Waals surface area contributed by atoms with Crippen molar-refractivity contribution in [1.82, 2.24) is 4.57 Å². The monoisotopic (exact) mass is 414 g/mol. The summed E-state index contributed by atoms with van der Waals surface area (Å²) >= 11 is 6.30. The van der Waals surface area contributed by atoms with Gasteiger partial charge in [-0.15, -0.1) is 0 Å². The molecule has 4 rings (SSSR count). The molecular formula is C21H19ClN2O5. The van der Waals surface area contributed by atoms with E-state index in [1.165, 1.54) is 14.2 Å². The maximum absolute atomic E-state index is 13.1. The first-order valence-corrected chi connectivity index (χ1v) is 9.36. The number of halogens is 1. The van der Waals surface area contributed by atoms with Gasteiger partial charge in [-0.3, -0.25) is 9.59 Å². The lowest BCUT2D eigenvalue weighted by Crippen LogP contribution is -2.30. The third kappa shape index (κ3) is 3.27. The van der Waals surface area contributed by atoms with Crippen LogP contribution < -0.4 is 25.0 Å². The van der Waals surface area contributed by atoms with Crippen LogP contribution in [0.2, 0.25) is 5.02 Å². The SMILES string of the molecule is COc1ccc(NC(=O)c2cn3c4c(ccc(Cl)c4c2=O)O[C@H](C)C3)cc1OC. The molecule has 150 valence electrons. The number of pyridine rings is 1. The summed E-state index contributed by atoms with van der Waals surface area (Å²) in [7, 11) is 3.03. The summed E-state index contributed by atoms with van der Waals surface area (Å²) in [5.74, 6) is 1.05. The lowest BCUT2D eigenvalue weighted by molar-refractivity contribution is 0.102. The van der Waals surface area contributed by atoms with Crippen LogP contribution in [0.25, 0.3) is 10.9 Å². The number of rotatable bonds is 4. The van der Waals surface area contributed by atoms with Crippen LogP contribution in [-0.4, -0.2) is 30.8 Å². The van der Waals surface area contributed by atoms with E-state index in [1.807, 2.05) is 11.5 Å². The number of ether oxygens (including phenoxy) is 3. The predicted molar refractivity (Wildman–Crippen MR) is 111 cm³/mol. The second kappa shape index (κ2) is 7.33. The zero-order valence-corrected chi connectivity index (χ0v) is 16.9. The highest BCUT2D eigenvalue weighted by atomic mass is 35.5. The van der Waals surface area contributed by atoms with Crippen LogP contribution in [0.15, 0.2) is 41.3 Å². The van der Waals surface area contributed by atoms with Crippen molar-refractivity contribution >= 4 is 34.1 Å². The van der Waals surface area contributed by atoms with Gasteiger partial charge >= 0.3 is 0 Å². The molecule has 2 aromatic carbocycles. The molecule has 0 aliphatic carbocycles. The number of hydrogen-bond acceptors (Lipinski definition) is 5. The van der Waals surface area contributed by atoms with Crippen molar-refractivity contribution in [2.24, 2.45) is 0 Å². The highest BCUT2D eigenvalue weighted by Gasteiger charge is 2.24. The van der Waals surface area contributed by atoms with Crippen molar-refractivity contribution in [3.05, 3.63) is 57.3 Å². The van der Waals surface area contributed by atoms with Crippen molar-refractivity contribution in [3.63, 3.8) is 0 Å². The highest BCUT2D eigenvalue weighted by Crippen LogP contribution is 2.34. The van der Waals surface area contributed by atoms with E-state index in [0.717, 1.165) is 0 Å². The van der Waals surface area contributed by atoms with E-state index < -0.39 is 11.3 Å². The Bertz CT molecular complexity index is 1190. The number of benzene rings is 2. The average Bonchev–Trinajstić information content (AvgIpc) is 2.71. The molecule has 1 atom stereocenters. The largest absolute Gasteiger partial charge is 0.493 e. The van der Waals surface area contributed by atoms with Crippen LogP contribution in [0.5, 0.6) is 17.2 Å². The minimum absolute atomic E-state index is 0.000403. The van der Waals surface area contributed by atoms with Gasteiger partial charge in [-0.1, -0.05) is 11.6 Å². The summed E-state index contributed by atoms with van der Waals surface area (Å²) in [6, 6.07) is 8.32. The predicted octanol–water partition coefficient (Wildman–Crippen LogP) is 3.71. The van der Waals surface area contributed by atoms with Gasteiger partial charge in [0.05, 0.1) is 36.7 Å². The fraction of sp³-hybridized carbons (Fsp3) is 0.238. The van der Waals surface area contributed by atoms with E-state index in [1.54, 1.807) is 36.5 Å². The van der Waals surface area contributed by atoms with E-state index in [2.05, 4.69) is 5.32 Å². The molecule has 0 bridgehead atoms. The molecule has 0 fully saturated rings. The molecule has 0 saturated carbocycles. The minimum atomic E-state index is -0.534. The molecule has 3 aromatic rings. The second-order valence-corrected chi connectivity index (χ2v) is 7.15. The Balaban J connectivity index is 1.79. The smallest absolute Gasteiger partial charge is 0.261 e. The number of nitrogens with one attached hydrogen (secondary N) is 1. The van der Waals surface area contributed by atoms with E-state index in [-0.39, 0.29) is 22.1 Å². The molecule has 0 saturated heterocycles. The number of aromatic nitrogens is 1. The minimum Gasteiger partial charge on any atom is -0.493 e. The molecule has 1 aromatic heterocycles. The molecule has 1 amide bonds. The number of methoxy groups -OCH3 is 2. The summed E-state index contributed by atoms with van der Waals surface area (Å²) in [6.45, 7) is 2.42. The van der Waals surface area contributed by atoms with E-state index in [4.69, 9.17) is 25.8 Å². The van der Waals surface area contributed by atoms with E-state index >= 15 is 0 Å². The molecule has 0 spiro atoms. The van der Waals surface area contributed by atoms with Gasteiger partial charge in [0.1, 0.15) is 17.4 Å². The lowest BCUT2D eigenvalue weighted by atomic mass is 10.1. The molecule has 1 aliphatic heterocycles. The van der Waals surface area contributed by atoms with Gasteiger partial charge in [0.2, 0.25) is 5.43 Å². The van der Waals surface area contributed by atoms with Crippen LogP contribution in [0.1, 0.15) is 17.3 Å². The molecule has 0 unspecified atom stereocenters. The van der Waals surface area contributed by atoms with E-state index in [0.29, 0.717) is 35.0 Å². The standard InChI is InChI=1S/C21H19ClN2O5/c1-11-9-24-10-13(20(25)18-14(22)5-7-16(29-11)19(18)24)21(26)23-12-4-6-15(27-2)17(8-12)28-3/h4-8,10-11H,9H2,1-3H3,(H,23,26)/t11-/m1/s1. The highest BCUT2D eigenvalue weighted by molar-refractivity contribution is 6.35. The molecule has 1 N–H and O–H groups in total. The summed E-state index contributed by atoms with van der Waals surface area (Å²) in [6.07, 6.45) is 1.45. The molecule has 1 aliphatic rings. The quantitative estimate of drug-likeness (QED) is 0.704. The zero-order valence-electron chi connectivity index (χ0n) is 16.1. The number of anilines is 1. The number of hydrogen-bond donors (Lipinski definition) is 1. The van der Waals surface area contributed by atoms with Crippen LogP contribution >= 0.6 is 11.6 Å². The summed E-state index contributed by atoms with van der Waals surface area (Å²) < 4.78 is 18.1. The first kappa shape index (κ1) is 19.1. The maximum Gasteiger partial charge on any atom is 0.261 e. The summed E-state index contributed by atoms with van der Waals surface area (Å²) in [5.41, 5.74) is 0.630. The third-order valence-corrected chi connectivity index (χ3v) is 5.12. The van der Waals surface area contributed by atoms with Crippen LogP contribution in [0, 0.1) is 0 Å². The molecule has 29 heavy (non-hydrogen) atoms. The number of amides is 1. The van der Waals surface area contributed by atoms with Crippen molar-refractivity contribution in [2.45, 2.75) is 19.6 Å². The fourth-order valence-electron chi connectivity index (χ4n) is 3.51. The zero-order chi connectivity index (χ0) is 20.7. The molecule has 2 heterocycles. The molecule has 8 heteroatoms. The Labute approximate surface area is 171 Å². The number of nitrogens with zero attached hydrogens (tertiary/aromatic N) is 1. The van der Waals surface area contributed by atoms with Crippen molar-refractivity contribution in [1.29, 1.82) is 0 Å². The van der Waals surface area contributed by atoms with Gasteiger partial charge in [-0.2, -0.15) is 0 Å². The van der Waals surface area contributed by atoms with Gasteiger partial charge in [0.15, 0.2) is 11.5 Å². The Morgan fingerprint density at radius 3 is 2.69 bits per heavy atom. The van der Waals surface area contributed by atoms with Gasteiger partial charge in [0.25, 0.3) is 5.91 Å². The third-order valence-electron chi connectivity index (χ3n) is 4.80. The van der Waals surface area contributed by atoms with Gasteiger partial charge in [-0.05, 0) is 31.2 Å². The van der Waals surface area contributed by atoms with Gasteiger partial charge in [-0.25, -0.2) is 0 Å². The number of carbonyl (C=O) groups is 1. The van der Waals surface area contributed by atoms with Crippen molar-refractivity contribution < 1.29 is 19.0 Å². The average molecular weight is 415 g/mol. The first-order chi connectivity index (χ1) is 13.9. The van der Waals surface area contributed by atoms with Crippen molar-refractivity contribution in [2.75, 3.05) is 19.5 Å². The topological polar surface area (TPSA) is 78.8 Å². The normalized spacial score (nSPS) is 15.0. The Morgan fingerprint density at radius 2 is 1.97 bits per heavy atom. The Hall–Kier alpha value is -3.19. The van der Waals surface area contributed by atoms with Crippen LogP contribution in [-0.2, 0) is 6.54 Å². The van der Waals surface area contributed by atoms with Crippen LogP contribution in [0.4, 0.5) is 5.69 Å². The molecule has 7 nitrogen and oxygen atoms in total. The first-order valence-electron chi connectivity index (χ1n) is 8.98. The summed E-state index contributed by atoms with van der Waals surface area (Å²) in [4.78, 5) is 26.0. The lowest BCUT2D eigenvalue weighted by Gasteiger charge is -2.26. The summed E-state index contributed by atoms with van der Waals surface area (Å²) in [5, 5.41) is 3.30. The van der Waals surface area contributed by atoms with Gasteiger partial charge < -0.3 is 24.1 Å². The van der Waals surface area contributed by atoms with Crippen LogP contribution in [0.3, 0.4) is 0 Å². The Kier molecular flexibility index (Phi) is 4.84. The van der Waals surface area contributed by atoms with E-state index in [9.17, 15) is 9.59 Å². The maximum atomic E-state index is 13.1. The molecule has 0 radical (unpaired) electrons. The number of carbonyl (C=O) groups excluding carboxylic acids is 1. The van der Waals surface area contributed by atoms with Gasteiger partial charge in [0, 0.05) is 18.0 Å².